The summed E-state index contributed by atoms with van der Waals surface area (Å²) in [6, 6.07) is 6.17. The summed E-state index contributed by atoms with van der Waals surface area (Å²) in [5.74, 6) is -0.0987. The Balaban J connectivity index is 2.68. The van der Waals surface area contributed by atoms with Gasteiger partial charge >= 0.3 is 11.9 Å². The van der Waals surface area contributed by atoms with Gasteiger partial charge in [0.1, 0.15) is 11.5 Å². The van der Waals surface area contributed by atoms with Crippen LogP contribution in [0.1, 0.15) is 13.8 Å². The predicted octanol–water partition coefficient (Wildman–Crippen LogP) is 2.09. The summed E-state index contributed by atoms with van der Waals surface area (Å²) in [5.41, 5.74) is 0.323. The van der Waals surface area contributed by atoms with Crippen LogP contribution in [-0.4, -0.2) is 11.9 Å². The first-order valence-electron chi connectivity index (χ1n) is 4.65. The number of hydrogen-bond acceptors (Lipinski definition) is 4. The Bertz CT molecular complexity index is 417. The highest BCUT2D eigenvalue weighted by Gasteiger charge is 2.05. The van der Waals surface area contributed by atoms with Crippen LogP contribution in [0.3, 0.4) is 0 Å². The SMILES string of the molecule is C=C(C)C(=O)Oc1ccc(OC(C)=O)cc1. The molecule has 0 heterocycles. The standard InChI is InChI=1S/C12H12O4/c1-8(2)12(14)16-11-6-4-10(5-7-11)15-9(3)13/h4-7H,1H2,2-3H3. The number of rotatable bonds is 3. The Morgan fingerprint density at radius 1 is 1.00 bits per heavy atom. The fraction of sp³-hybridized carbons (Fsp3) is 0.167. The molecule has 0 aliphatic heterocycles. The Morgan fingerprint density at radius 2 is 1.44 bits per heavy atom. The van der Waals surface area contributed by atoms with E-state index in [2.05, 4.69) is 6.58 Å². The lowest BCUT2D eigenvalue weighted by molar-refractivity contribution is -0.132. The van der Waals surface area contributed by atoms with Gasteiger partial charge in [-0.3, -0.25) is 4.79 Å². The van der Waals surface area contributed by atoms with Crippen LogP contribution in [0.4, 0.5) is 0 Å². The maximum absolute atomic E-state index is 11.2. The van der Waals surface area contributed by atoms with Crippen molar-refractivity contribution in [3.63, 3.8) is 0 Å². The van der Waals surface area contributed by atoms with E-state index < -0.39 is 11.9 Å². The molecule has 0 fully saturated rings. The van der Waals surface area contributed by atoms with Crippen LogP contribution in [0, 0.1) is 0 Å². The van der Waals surface area contributed by atoms with Gasteiger partial charge in [-0.05, 0) is 31.2 Å². The van der Waals surface area contributed by atoms with Crippen molar-refractivity contribution in [1.82, 2.24) is 0 Å². The minimum absolute atomic E-state index is 0.323. The highest BCUT2D eigenvalue weighted by Crippen LogP contribution is 2.18. The van der Waals surface area contributed by atoms with E-state index in [1.54, 1.807) is 31.2 Å². The Hall–Kier alpha value is -2.10. The van der Waals surface area contributed by atoms with E-state index in [1.807, 2.05) is 0 Å². The molecule has 0 saturated carbocycles. The maximum atomic E-state index is 11.2. The topological polar surface area (TPSA) is 52.6 Å². The van der Waals surface area contributed by atoms with Gasteiger partial charge in [0.25, 0.3) is 0 Å². The molecule has 0 amide bonds. The number of carbonyl (C=O) groups is 2. The largest absolute Gasteiger partial charge is 0.427 e. The first kappa shape index (κ1) is 12.0. The van der Waals surface area contributed by atoms with Crippen LogP contribution in [-0.2, 0) is 9.59 Å². The minimum atomic E-state index is -0.486. The summed E-state index contributed by atoms with van der Waals surface area (Å²) >= 11 is 0. The normalized spacial score (nSPS) is 9.38. The Labute approximate surface area is 93.5 Å². The summed E-state index contributed by atoms with van der Waals surface area (Å²) in [6.07, 6.45) is 0. The summed E-state index contributed by atoms with van der Waals surface area (Å²) in [6.45, 7) is 6.34. The van der Waals surface area contributed by atoms with Crippen LogP contribution in [0.15, 0.2) is 36.4 Å². The smallest absolute Gasteiger partial charge is 0.338 e. The van der Waals surface area contributed by atoms with E-state index in [-0.39, 0.29) is 0 Å². The van der Waals surface area contributed by atoms with Gasteiger partial charge in [0.15, 0.2) is 0 Å². The molecular formula is C12H12O4. The second kappa shape index (κ2) is 5.11. The molecule has 1 aromatic carbocycles. The van der Waals surface area contributed by atoms with Gasteiger partial charge in [0.05, 0.1) is 0 Å². The van der Waals surface area contributed by atoms with Crippen LogP contribution in [0.2, 0.25) is 0 Å². The molecule has 4 nitrogen and oxygen atoms in total. The maximum Gasteiger partial charge on any atom is 0.338 e. The van der Waals surface area contributed by atoms with Gasteiger partial charge in [-0.1, -0.05) is 6.58 Å². The molecule has 0 N–H and O–H groups in total. The fourth-order valence-corrected chi connectivity index (χ4v) is 0.936. The summed E-state index contributed by atoms with van der Waals surface area (Å²) in [5, 5.41) is 0. The molecule has 4 heteroatoms. The number of benzene rings is 1. The molecule has 0 radical (unpaired) electrons. The summed E-state index contributed by atoms with van der Waals surface area (Å²) in [4.78, 5) is 21.8. The predicted molar refractivity (Wildman–Crippen MR) is 58.2 cm³/mol. The number of ether oxygens (including phenoxy) is 2. The van der Waals surface area contributed by atoms with Crippen LogP contribution in [0.5, 0.6) is 11.5 Å². The van der Waals surface area contributed by atoms with Crippen molar-refractivity contribution in [2.24, 2.45) is 0 Å². The third-order valence-corrected chi connectivity index (χ3v) is 1.64. The second-order valence-electron chi connectivity index (χ2n) is 3.23. The lowest BCUT2D eigenvalue weighted by Gasteiger charge is -2.04. The van der Waals surface area contributed by atoms with Crippen LogP contribution in [0.25, 0.3) is 0 Å². The minimum Gasteiger partial charge on any atom is -0.427 e. The van der Waals surface area contributed by atoms with Gasteiger partial charge in [-0.2, -0.15) is 0 Å². The van der Waals surface area contributed by atoms with Gasteiger partial charge < -0.3 is 9.47 Å². The summed E-state index contributed by atoms with van der Waals surface area (Å²) < 4.78 is 9.78. The van der Waals surface area contributed by atoms with Crippen molar-refractivity contribution in [3.8, 4) is 11.5 Å². The average molecular weight is 220 g/mol. The number of esters is 2. The van der Waals surface area contributed by atoms with Crippen molar-refractivity contribution >= 4 is 11.9 Å². The molecule has 0 aromatic heterocycles. The molecule has 0 spiro atoms. The molecule has 16 heavy (non-hydrogen) atoms. The van der Waals surface area contributed by atoms with E-state index in [0.29, 0.717) is 17.1 Å². The van der Waals surface area contributed by atoms with Crippen molar-refractivity contribution in [2.75, 3.05) is 0 Å². The first-order valence-corrected chi connectivity index (χ1v) is 4.65. The Kier molecular flexibility index (Phi) is 3.83. The monoisotopic (exact) mass is 220 g/mol. The van der Waals surface area contributed by atoms with Gasteiger partial charge in [-0.25, -0.2) is 4.79 Å². The highest BCUT2D eigenvalue weighted by molar-refractivity contribution is 5.88. The van der Waals surface area contributed by atoms with Crippen molar-refractivity contribution < 1.29 is 19.1 Å². The number of carbonyl (C=O) groups excluding carboxylic acids is 2. The first-order chi connectivity index (χ1) is 7.49. The van der Waals surface area contributed by atoms with Crippen molar-refractivity contribution in [1.29, 1.82) is 0 Å². The zero-order valence-electron chi connectivity index (χ0n) is 9.15. The molecule has 1 rings (SSSR count). The molecule has 1 aromatic rings. The van der Waals surface area contributed by atoms with E-state index in [1.165, 1.54) is 6.92 Å². The van der Waals surface area contributed by atoms with E-state index in [9.17, 15) is 9.59 Å². The van der Waals surface area contributed by atoms with E-state index in [4.69, 9.17) is 9.47 Å². The average Bonchev–Trinajstić information content (AvgIpc) is 2.20. The molecule has 0 unspecified atom stereocenters. The fourth-order valence-electron chi connectivity index (χ4n) is 0.936. The number of hydrogen-bond donors (Lipinski definition) is 0. The zero-order chi connectivity index (χ0) is 12.1. The molecular weight excluding hydrogens is 208 g/mol. The zero-order valence-corrected chi connectivity index (χ0v) is 9.15. The highest BCUT2D eigenvalue weighted by atomic mass is 16.5. The van der Waals surface area contributed by atoms with Crippen molar-refractivity contribution in [2.45, 2.75) is 13.8 Å². The van der Waals surface area contributed by atoms with E-state index in [0.717, 1.165) is 0 Å². The lowest BCUT2D eigenvalue weighted by Crippen LogP contribution is -2.08. The third kappa shape index (κ3) is 3.57. The van der Waals surface area contributed by atoms with Crippen molar-refractivity contribution in [3.05, 3.63) is 36.4 Å². The van der Waals surface area contributed by atoms with E-state index >= 15 is 0 Å². The lowest BCUT2D eigenvalue weighted by atomic mass is 10.3. The molecule has 0 aliphatic carbocycles. The molecule has 84 valence electrons. The molecule has 0 atom stereocenters. The van der Waals surface area contributed by atoms with Gasteiger partial charge in [0.2, 0.25) is 0 Å². The third-order valence-electron chi connectivity index (χ3n) is 1.64. The quantitative estimate of drug-likeness (QED) is 0.444. The van der Waals surface area contributed by atoms with Gasteiger partial charge in [0, 0.05) is 12.5 Å². The molecule has 0 aliphatic rings. The van der Waals surface area contributed by atoms with Gasteiger partial charge in [-0.15, -0.1) is 0 Å². The Morgan fingerprint density at radius 3 is 1.81 bits per heavy atom. The molecule has 0 saturated heterocycles. The van der Waals surface area contributed by atoms with Crippen LogP contribution >= 0.6 is 0 Å². The van der Waals surface area contributed by atoms with Crippen LogP contribution < -0.4 is 9.47 Å². The summed E-state index contributed by atoms with van der Waals surface area (Å²) in [7, 11) is 0. The second-order valence-corrected chi connectivity index (χ2v) is 3.23. The molecule has 0 bridgehead atoms.